The SMILES string of the molecule is [2H]C([2H])([2H])c1ccc(-c2c[c-]c(-c3nc4ccccc4n3-c3cccc4c3oc3ccccc34)c3sc4ncccc4c23)cc1.[2H]C([2H])(c1cc(-c2[c-]cccc2)nc[c]1[Ge]([CH3])([CH3])[CH3])C(C)c1ccccc1.[Ir]. The fraction of sp³-hybridized carbons (Fsp3) is 0.117. The van der Waals surface area contributed by atoms with Crippen LogP contribution in [0.5, 0.6) is 0 Å². The van der Waals surface area contributed by atoms with Crippen molar-refractivity contribution in [2.45, 2.75) is 43.3 Å². The Hall–Kier alpha value is -6.48. The Morgan fingerprint density at radius 1 is 0.779 bits per heavy atom. The van der Waals surface area contributed by atoms with Gasteiger partial charge in [-0.3, -0.25) is 4.98 Å². The molecule has 5 nitrogen and oxygen atoms in total. The fourth-order valence-electron chi connectivity index (χ4n) is 8.98. The number of pyridine rings is 2. The average molecular weight is 1140 g/mol. The third kappa shape index (κ3) is 8.54. The first-order valence-corrected chi connectivity index (χ1v) is 30.6. The summed E-state index contributed by atoms with van der Waals surface area (Å²) in [6.07, 6.45) is 2.24. The van der Waals surface area contributed by atoms with Crippen LogP contribution in [0.4, 0.5) is 0 Å². The number of furan rings is 1. The molecule has 1 unspecified atom stereocenters. The van der Waals surface area contributed by atoms with Crippen LogP contribution in [0.25, 0.3) is 92.7 Å². The molecular weight excluding hydrogens is 1090 g/mol. The predicted molar refractivity (Wildman–Crippen MR) is 284 cm³/mol. The minimum atomic E-state index is -2.32. The minimum Gasteiger partial charge on any atom is 0 e. The van der Waals surface area contributed by atoms with Crippen LogP contribution in [-0.4, -0.2) is 32.8 Å². The normalized spacial score (nSPS) is 13.6. The number of imidazole rings is 1. The van der Waals surface area contributed by atoms with Gasteiger partial charge in [0, 0.05) is 46.6 Å². The quantitative estimate of drug-likeness (QED) is 0.112. The van der Waals surface area contributed by atoms with Gasteiger partial charge in [-0.1, -0.05) is 100 Å². The van der Waals surface area contributed by atoms with Gasteiger partial charge in [-0.15, -0.1) is 12.1 Å². The van der Waals surface area contributed by atoms with Gasteiger partial charge in [-0.2, -0.15) is 11.3 Å². The van der Waals surface area contributed by atoms with Crippen molar-refractivity contribution in [1.82, 2.24) is 19.5 Å². The van der Waals surface area contributed by atoms with Gasteiger partial charge in [-0.25, -0.2) is 4.98 Å². The van der Waals surface area contributed by atoms with Gasteiger partial charge in [0.1, 0.15) is 10.4 Å². The van der Waals surface area contributed by atoms with Crippen molar-refractivity contribution in [2.24, 2.45) is 0 Å². The van der Waals surface area contributed by atoms with Crippen molar-refractivity contribution >= 4 is 82.3 Å². The van der Waals surface area contributed by atoms with E-state index < -0.39 is 26.5 Å². The second-order valence-corrected chi connectivity index (χ2v) is 29.3. The van der Waals surface area contributed by atoms with Crippen LogP contribution in [0.2, 0.25) is 17.3 Å². The van der Waals surface area contributed by atoms with E-state index in [1.54, 1.807) is 23.5 Å². The summed E-state index contributed by atoms with van der Waals surface area (Å²) in [6.45, 7) is -0.186. The minimum absolute atomic E-state index is 0. The third-order valence-electron chi connectivity index (χ3n) is 12.3. The van der Waals surface area contributed by atoms with Gasteiger partial charge in [0.2, 0.25) is 0 Å². The molecule has 0 aliphatic carbocycles. The van der Waals surface area contributed by atoms with Crippen LogP contribution in [-0.2, 0) is 26.5 Å². The molecule has 7 aromatic carbocycles. The van der Waals surface area contributed by atoms with Crippen LogP contribution >= 0.6 is 11.3 Å². The Kier molecular flexibility index (Phi) is 11.0. The van der Waals surface area contributed by atoms with Gasteiger partial charge < -0.3 is 8.98 Å². The molecule has 0 spiro atoms. The Labute approximate surface area is 424 Å². The number of fused-ring (bicyclic) bond motifs is 7. The zero-order chi connectivity index (χ0) is 49.9. The van der Waals surface area contributed by atoms with Crippen molar-refractivity contribution in [3.05, 3.63) is 211 Å². The van der Waals surface area contributed by atoms with E-state index >= 15 is 0 Å². The summed E-state index contributed by atoms with van der Waals surface area (Å²) < 4.78 is 52.3. The number of thiophene rings is 1. The summed E-state index contributed by atoms with van der Waals surface area (Å²) in [5.74, 6) is 7.37. The monoisotopic (exact) mass is 1140 g/mol. The molecule has 5 heterocycles. The number of rotatable bonds is 8. The van der Waals surface area contributed by atoms with Gasteiger partial charge >= 0.3 is 157 Å². The molecule has 335 valence electrons. The van der Waals surface area contributed by atoms with Crippen molar-refractivity contribution in [2.75, 3.05) is 0 Å². The average Bonchev–Trinajstić information content (AvgIpc) is 4.10. The molecule has 0 fully saturated rings. The van der Waals surface area contributed by atoms with Crippen LogP contribution in [0.1, 0.15) is 36.4 Å². The second kappa shape index (κ2) is 18.9. The predicted octanol–water partition coefficient (Wildman–Crippen LogP) is 15.6. The summed E-state index contributed by atoms with van der Waals surface area (Å²) in [4.78, 5) is 15.5. The summed E-state index contributed by atoms with van der Waals surface area (Å²) >= 11 is -0.708. The topological polar surface area (TPSA) is 56.7 Å². The standard InChI is InChI=1S/C37H22N3OS.C23H26GeN.Ir/c1-22-15-17-23(18-16-22)24-19-20-28(35-33(24)27-10-7-21-38-37(27)42-35)36-39-29-11-3-4-12-30(29)40(36)31-13-6-9-26-25-8-2-5-14-32(25)41-34(26)31;1-18(19-11-7-5-8-12-19)15-21-16-23(20-13-9-6-10-14-20)25-17-22(21)24(2,3)4;/h2-19,21H,1H3;5-13,16-18H,15H2,1-4H3;/q2*-1;/i1D3;15D2;. The maximum atomic E-state index is 9.05. The molecular formula is C60H48GeIrN4OS-2. The molecule has 5 aromatic heterocycles. The largest absolute Gasteiger partial charge is 0 e. The fourth-order valence-corrected chi connectivity index (χ4v) is 13.1. The first kappa shape index (κ1) is 39.5. The number of aryl methyl sites for hydroxylation is 1. The smallest absolute Gasteiger partial charge is 0 e. The van der Waals surface area contributed by atoms with Crippen LogP contribution in [0.15, 0.2) is 187 Å². The third-order valence-corrected chi connectivity index (χ3v) is 17.7. The van der Waals surface area contributed by atoms with E-state index in [4.69, 9.17) is 21.2 Å². The van der Waals surface area contributed by atoms with E-state index in [2.05, 4.69) is 75.4 Å². The van der Waals surface area contributed by atoms with Crippen molar-refractivity contribution in [3.63, 3.8) is 0 Å². The summed E-state index contributed by atoms with van der Waals surface area (Å²) in [7, 11) is 0. The second-order valence-electron chi connectivity index (χ2n) is 17.7. The van der Waals surface area contributed by atoms with Gasteiger partial charge in [0.25, 0.3) is 0 Å². The zero-order valence-electron chi connectivity index (χ0n) is 42.8. The van der Waals surface area contributed by atoms with E-state index in [-0.39, 0.29) is 26.0 Å². The zero-order valence-corrected chi connectivity index (χ0v) is 43.1. The van der Waals surface area contributed by atoms with E-state index in [9.17, 15) is 0 Å². The first-order valence-electron chi connectivity index (χ1n) is 24.9. The molecule has 12 rings (SSSR count). The molecule has 0 amide bonds. The van der Waals surface area contributed by atoms with Crippen LogP contribution < -0.4 is 4.40 Å². The van der Waals surface area contributed by atoms with E-state index in [1.807, 2.05) is 141 Å². The van der Waals surface area contributed by atoms with Crippen molar-refractivity contribution in [3.8, 4) is 39.5 Å². The van der Waals surface area contributed by atoms with Gasteiger partial charge in [0.15, 0.2) is 5.58 Å². The molecule has 0 bridgehead atoms. The summed E-state index contributed by atoms with van der Waals surface area (Å²) in [5, 5.41) is 4.19. The van der Waals surface area contributed by atoms with Crippen LogP contribution in [0, 0.1) is 19.0 Å². The molecule has 0 aliphatic rings. The number of para-hydroxylation sites is 4. The number of benzene rings is 7. The van der Waals surface area contributed by atoms with E-state index in [0.29, 0.717) is 5.56 Å². The van der Waals surface area contributed by atoms with E-state index in [0.717, 1.165) is 108 Å². The molecule has 0 N–H and O–H groups in total. The molecule has 0 saturated heterocycles. The number of hydrogen-bond acceptors (Lipinski definition) is 5. The maximum Gasteiger partial charge on any atom is 0 e. The van der Waals surface area contributed by atoms with Gasteiger partial charge in [-0.05, 0) is 41.9 Å². The molecule has 1 atom stereocenters. The van der Waals surface area contributed by atoms with Crippen LogP contribution in [0.3, 0.4) is 0 Å². The molecule has 0 saturated carbocycles. The number of aromatic nitrogens is 4. The molecule has 12 aromatic rings. The molecule has 8 heteroatoms. The molecule has 68 heavy (non-hydrogen) atoms. The van der Waals surface area contributed by atoms with Gasteiger partial charge in [0.05, 0.1) is 22.5 Å². The molecule has 0 aliphatic heterocycles. The first-order chi connectivity index (χ1) is 34.7. The maximum absolute atomic E-state index is 9.05. The Morgan fingerprint density at radius 2 is 1.54 bits per heavy atom. The Morgan fingerprint density at radius 3 is 2.35 bits per heavy atom. The molecule has 1 radical (unpaired) electrons. The van der Waals surface area contributed by atoms with Crippen molar-refractivity contribution < 1.29 is 31.4 Å². The summed E-state index contributed by atoms with van der Waals surface area (Å²) in [6, 6.07) is 62.1. The van der Waals surface area contributed by atoms with E-state index in [1.165, 1.54) is 0 Å². The van der Waals surface area contributed by atoms with Crippen molar-refractivity contribution in [1.29, 1.82) is 0 Å². The summed E-state index contributed by atoms with van der Waals surface area (Å²) in [5.41, 5.74) is 10.9. The number of nitrogens with zero attached hydrogens (tertiary/aromatic N) is 4. The Bertz CT molecular complexity index is 3960. The number of hydrogen-bond donors (Lipinski definition) is 0. The Balaban J connectivity index is 0.000000188.